The molecule has 0 N–H and O–H groups in total. The molecule has 0 saturated carbocycles. The molecule has 0 bridgehead atoms. The van der Waals surface area contributed by atoms with Crippen LogP contribution in [-0.4, -0.2) is 32.7 Å². The molecule has 0 radical (unpaired) electrons. The van der Waals surface area contributed by atoms with Gasteiger partial charge in [-0.15, -0.1) is 0 Å². The third-order valence-corrected chi connectivity index (χ3v) is 7.84. The number of hydrogen-bond donors (Lipinski definition) is 0. The maximum absolute atomic E-state index is 6.30. The van der Waals surface area contributed by atoms with Gasteiger partial charge in [-0.25, -0.2) is 0 Å². The van der Waals surface area contributed by atoms with Crippen LogP contribution in [0.25, 0.3) is 0 Å². The van der Waals surface area contributed by atoms with E-state index in [1.807, 2.05) is 0 Å². The zero-order valence-electron chi connectivity index (χ0n) is 16.5. The van der Waals surface area contributed by atoms with Crippen LogP contribution >= 0.6 is 0 Å². The third kappa shape index (κ3) is 4.47. The highest BCUT2D eigenvalue weighted by atomic mass is 28.4. The van der Waals surface area contributed by atoms with E-state index >= 15 is 0 Å². The summed E-state index contributed by atoms with van der Waals surface area (Å²) in [5.74, 6) is 2.17. The summed E-state index contributed by atoms with van der Waals surface area (Å²) < 4.78 is 18.6. The highest BCUT2D eigenvalue weighted by Gasteiger charge is 2.51. The quantitative estimate of drug-likeness (QED) is 0.697. The van der Waals surface area contributed by atoms with Crippen LogP contribution in [0.3, 0.4) is 0 Å². The molecule has 1 aliphatic rings. The van der Waals surface area contributed by atoms with Gasteiger partial charge in [0, 0.05) is 6.10 Å². The Labute approximate surface area is 139 Å². The average molecular weight is 326 g/mol. The van der Waals surface area contributed by atoms with Crippen LogP contribution in [0, 0.1) is 5.41 Å². The summed E-state index contributed by atoms with van der Waals surface area (Å²) in [7, 11) is -2.29. The SMILES string of the molecule is CC(C)O[Si](C)(C)/C(=C\B1OC(C)(C)C(C)(C)O1)C(C)(C)C. The lowest BCUT2D eigenvalue weighted by Gasteiger charge is -2.36. The topological polar surface area (TPSA) is 27.7 Å². The predicted molar refractivity (Wildman–Crippen MR) is 97.3 cm³/mol. The molecule has 0 aromatic carbocycles. The van der Waals surface area contributed by atoms with Crippen LogP contribution in [0.2, 0.25) is 13.1 Å². The van der Waals surface area contributed by atoms with E-state index in [2.05, 4.69) is 81.4 Å². The van der Waals surface area contributed by atoms with Crippen molar-refractivity contribution in [2.24, 2.45) is 5.41 Å². The van der Waals surface area contributed by atoms with Crippen LogP contribution in [-0.2, 0) is 13.7 Å². The molecule has 1 aliphatic heterocycles. The molecule has 0 unspecified atom stereocenters. The van der Waals surface area contributed by atoms with Crippen LogP contribution < -0.4 is 0 Å². The summed E-state index contributed by atoms with van der Waals surface area (Å²) >= 11 is 0. The smallest absolute Gasteiger partial charge is 0.411 e. The number of hydrogen-bond acceptors (Lipinski definition) is 3. The minimum absolute atomic E-state index is 0.0359. The van der Waals surface area contributed by atoms with Crippen molar-refractivity contribution in [3.05, 3.63) is 11.2 Å². The molecule has 128 valence electrons. The largest absolute Gasteiger partial charge is 0.486 e. The van der Waals surface area contributed by atoms with Gasteiger partial charge in [0.25, 0.3) is 0 Å². The second kappa shape index (κ2) is 6.08. The lowest BCUT2D eigenvalue weighted by molar-refractivity contribution is 0.00578. The summed E-state index contributed by atoms with van der Waals surface area (Å²) in [6, 6.07) is 0. The van der Waals surface area contributed by atoms with Crippen molar-refractivity contribution in [2.45, 2.75) is 92.7 Å². The first kappa shape index (κ1) is 19.9. The lowest BCUT2D eigenvalue weighted by atomic mass is 9.84. The van der Waals surface area contributed by atoms with Gasteiger partial charge >= 0.3 is 7.12 Å². The Morgan fingerprint density at radius 2 is 1.45 bits per heavy atom. The second-order valence-electron chi connectivity index (χ2n) is 9.13. The Morgan fingerprint density at radius 1 is 1.05 bits per heavy atom. The van der Waals surface area contributed by atoms with Gasteiger partial charge in [0.1, 0.15) is 0 Å². The van der Waals surface area contributed by atoms with E-state index in [0.717, 1.165) is 0 Å². The van der Waals surface area contributed by atoms with Crippen molar-refractivity contribution in [3.63, 3.8) is 0 Å². The van der Waals surface area contributed by atoms with Gasteiger partial charge in [0.2, 0.25) is 8.32 Å². The molecule has 0 atom stereocenters. The fraction of sp³-hybridized carbons (Fsp3) is 0.882. The van der Waals surface area contributed by atoms with E-state index in [1.165, 1.54) is 5.20 Å². The van der Waals surface area contributed by atoms with Crippen molar-refractivity contribution in [1.29, 1.82) is 0 Å². The Bertz CT molecular complexity index is 418. The minimum Gasteiger partial charge on any atom is -0.411 e. The molecule has 1 saturated heterocycles. The van der Waals surface area contributed by atoms with Crippen molar-refractivity contribution >= 4 is 15.4 Å². The lowest BCUT2D eigenvalue weighted by Crippen LogP contribution is -2.42. The first-order valence-electron chi connectivity index (χ1n) is 8.35. The fourth-order valence-electron chi connectivity index (χ4n) is 3.10. The molecule has 0 amide bonds. The van der Waals surface area contributed by atoms with Crippen molar-refractivity contribution in [2.75, 3.05) is 0 Å². The maximum Gasteiger partial charge on any atom is 0.486 e. The molecule has 0 spiro atoms. The second-order valence-corrected chi connectivity index (χ2v) is 12.9. The standard InChI is InChI=1S/C17H35BO3Si/c1-13(2)19-22(10,11)14(15(3,4)5)12-18-20-16(6,7)17(8,9)21-18/h12-13H,1-11H3/b14-12-. The van der Waals surface area contributed by atoms with Gasteiger partial charge < -0.3 is 13.7 Å². The van der Waals surface area contributed by atoms with Gasteiger partial charge in [-0.3, -0.25) is 0 Å². The molecule has 0 aromatic heterocycles. The van der Waals surface area contributed by atoms with Gasteiger partial charge in [-0.2, -0.15) is 0 Å². The molecule has 1 fully saturated rings. The average Bonchev–Trinajstić information content (AvgIpc) is 2.40. The van der Waals surface area contributed by atoms with E-state index in [-0.39, 0.29) is 29.8 Å². The Kier molecular flexibility index (Phi) is 5.51. The summed E-state index contributed by atoms with van der Waals surface area (Å²) in [4.78, 5) is 0. The number of allylic oxidation sites excluding steroid dienone is 1. The summed E-state index contributed by atoms with van der Waals surface area (Å²) in [6.07, 6.45) is 0.228. The van der Waals surface area contributed by atoms with Gasteiger partial charge in [0.05, 0.1) is 11.2 Å². The molecule has 22 heavy (non-hydrogen) atoms. The fourth-order valence-corrected chi connectivity index (χ4v) is 6.75. The molecule has 0 aromatic rings. The molecule has 3 nitrogen and oxygen atoms in total. The first-order chi connectivity index (χ1) is 9.58. The monoisotopic (exact) mass is 326 g/mol. The Hall–Kier alpha value is -0.0982. The third-order valence-electron chi connectivity index (χ3n) is 4.56. The van der Waals surface area contributed by atoms with Gasteiger partial charge in [-0.1, -0.05) is 31.9 Å². The number of rotatable bonds is 4. The van der Waals surface area contributed by atoms with Gasteiger partial charge in [-0.05, 0) is 60.1 Å². The maximum atomic E-state index is 6.30. The molecule has 5 heteroatoms. The minimum atomic E-state index is -1.99. The van der Waals surface area contributed by atoms with Crippen molar-refractivity contribution in [3.8, 4) is 0 Å². The molecule has 1 rings (SSSR count). The molecular weight excluding hydrogens is 291 g/mol. The van der Waals surface area contributed by atoms with E-state index in [1.54, 1.807) is 0 Å². The summed E-state index contributed by atoms with van der Waals surface area (Å²) in [6.45, 7) is 23.8. The molecular formula is C17H35BO3Si. The van der Waals surface area contributed by atoms with E-state index in [9.17, 15) is 0 Å². The van der Waals surface area contributed by atoms with Crippen molar-refractivity contribution in [1.82, 2.24) is 0 Å². The Morgan fingerprint density at radius 3 is 1.77 bits per heavy atom. The zero-order chi connectivity index (χ0) is 17.6. The van der Waals surface area contributed by atoms with Crippen LogP contribution in [0.4, 0.5) is 0 Å². The van der Waals surface area contributed by atoms with E-state index in [0.29, 0.717) is 0 Å². The van der Waals surface area contributed by atoms with Gasteiger partial charge in [0.15, 0.2) is 0 Å². The normalized spacial score (nSPS) is 22.5. The van der Waals surface area contributed by atoms with Crippen LogP contribution in [0.15, 0.2) is 11.2 Å². The predicted octanol–water partition coefficient (Wildman–Crippen LogP) is 4.76. The van der Waals surface area contributed by atoms with Crippen molar-refractivity contribution < 1.29 is 13.7 Å². The molecule has 0 aliphatic carbocycles. The summed E-state index contributed by atoms with van der Waals surface area (Å²) in [5, 5.41) is 1.34. The highest BCUT2D eigenvalue weighted by Crippen LogP contribution is 2.40. The summed E-state index contributed by atoms with van der Waals surface area (Å²) in [5.41, 5.74) is -0.572. The first-order valence-corrected chi connectivity index (χ1v) is 11.3. The van der Waals surface area contributed by atoms with Crippen LogP contribution in [0.5, 0.6) is 0 Å². The van der Waals surface area contributed by atoms with E-state index < -0.39 is 8.32 Å². The highest BCUT2D eigenvalue weighted by molar-refractivity contribution is 6.80. The molecule has 1 heterocycles. The van der Waals surface area contributed by atoms with E-state index in [4.69, 9.17) is 13.7 Å². The Balaban J connectivity index is 3.15. The van der Waals surface area contributed by atoms with Crippen LogP contribution in [0.1, 0.15) is 62.3 Å². The zero-order valence-corrected chi connectivity index (χ0v) is 17.5.